The van der Waals surface area contributed by atoms with Gasteiger partial charge in [-0.3, -0.25) is 9.69 Å². The van der Waals surface area contributed by atoms with E-state index in [0.29, 0.717) is 30.7 Å². The predicted octanol–water partition coefficient (Wildman–Crippen LogP) is 2.59. The second kappa shape index (κ2) is 9.92. The molecule has 2 aliphatic heterocycles. The lowest BCUT2D eigenvalue weighted by molar-refractivity contribution is 0.0418. The molecular formula is C25H31N7O2. The lowest BCUT2D eigenvalue weighted by atomic mass is 9.99. The van der Waals surface area contributed by atoms with Crippen LogP contribution in [0.5, 0.6) is 0 Å². The molecule has 1 aromatic carbocycles. The van der Waals surface area contributed by atoms with Gasteiger partial charge in [0.25, 0.3) is 5.91 Å². The van der Waals surface area contributed by atoms with Crippen molar-refractivity contribution in [2.24, 2.45) is 11.7 Å². The number of amides is 1. The number of anilines is 2. The van der Waals surface area contributed by atoms with Gasteiger partial charge >= 0.3 is 0 Å². The Kier molecular flexibility index (Phi) is 6.57. The second-order valence-corrected chi connectivity index (χ2v) is 8.82. The average Bonchev–Trinajstić information content (AvgIpc) is 3.25. The summed E-state index contributed by atoms with van der Waals surface area (Å²) in [6, 6.07) is 11.5. The van der Waals surface area contributed by atoms with Gasteiger partial charge in [0.2, 0.25) is 5.95 Å². The van der Waals surface area contributed by atoms with Crippen LogP contribution in [0.4, 0.5) is 11.6 Å². The first-order valence-corrected chi connectivity index (χ1v) is 11.9. The Hall–Kier alpha value is -3.27. The van der Waals surface area contributed by atoms with E-state index in [1.165, 1.54) is 5.57 Å². The zero-order valence-electron chi connectivity index (χ0n) is 19.5. The summed E-state index contributed by atoms with van der Waals surface area (Å²) in [6.45, 7) is 7.35. The topological polar surface area (TPSA) is 101 Å². The Balaban J connectivity index is 1.27. The molecule has 0 saturated carbocycles. The Morgan fingerprint density at radius 2 is 2.06 bits per heavy atom. The summed E-state index contributed by atoms with van der Waals surface area (Å²) in [6.07, 6.45) is 5.11. The summed E-state index contributed by atoms with van der Waals surface area (Å²) in [7, 11) is 0. The van der Waals surface area contributed by atoms with Crippen molar-refractivity contribution in [1.29, 1.82) is 0 Å². The zero-order chi connectivity index (χ0) is 23.5. The molecule has 9 heteroatoms. The zero-order valence-corrected chi connectivity index (χ0v) is 19.5. The molecule has 2 aromatic heterocycles. The smallest absolute Gasteiger partial charge is 0.253 e. The summed E-state index contributed by atoms with van der Waals surface area (Å²) in [5.74, 6) is 0.996. The van der Waals surface area contributed by atoms with Gasteiger partial charge < -0.3 is 20.7 Å². The molecule has 0 unspecified atom stereocenters. The van der Waals surface area contributed by atoms with E-state index >= 15 is 0 Å². The van der Waals surface area contributed by atoms with E-state index < -0.39 is 0 Å². The van der Waals surface area contributed by atoms with Gasteiger partial charge in [0.1, 0.15) is 0 Å². The fourth-order valence-electron chi connectivity index (χ4n) is 4.40. The van der Waals surface area contributed by atoms with Crippen LogP contribution < -0.4 is 11.1 Å². The van der Waals surface area contributed by atoms with E-state index in [2.05, 4.69) is 27.5 Å². The lowest BCUT2D eigenvalue weighted by Gasteiger charge is -2.38. The van der Waals surface area contributed by atoms with Gasteiger partial charge in [0.15, 0.2) is 5.65 Å². The quantitative estimate of drug-likeness (QED) is 0.532. The molecule has 4 heterocycles. The number of carbonyl (C=O) groups excluding carboxylic acids is 1. The first kappa shape index (κ1) is 22.5. The van der Waals surface area contributed by atoms with Gasteiger partial charge in [-0.1, -0.05) is 6.08 Å². The molecule has 178 valence electrons. The van der Waals surface area contributed by atoms with Gasteiger partial charge in [-0.05, 0) is 61.9 Å². The van der Waals surface area contributed by atoms with Gasteiger partial charge in [-0.25, -0.2) is 4.52 Å². The van der Waals surface area contributed by atoms with E-state index in [9.17, 15) is 4.79 Å². The van der Waals surface area contributed by atoms with Gasteiger partial charge in [-0.15, -0.1) is 5.10 Å². The van der Waals surface area contributed by atoms with Crippen molar-refractivity contribution in [3.63, 3.8) is 0 Å². The highest BCUT2D eigenvalue weighted by atomic mass is 16.5. The number of hydrogen-bond acceptors (Lipinski definition) is 7. The van der Waals surface area contributed by atoms with Crippen LogP contribution in [-0.2, 0) is 4.74 Å². The van der Waals surface area contributed by atoms with Crippen molar-refractivity contribution < 1.29 is 9.53 Å². The predicted molar refractivity (Wildman–Crippen MR) is 132 cm³/mol. The highest BCUT2D eigenvalue weighted by Gasteiger charge is 2.29. The number of benzene rings is 1. The fourth-order valence-corrected chi connectivity index (χ4v) is 4.40. The minimum atomic E-state index is 0.0484. The van der Waals surface area contributed by atoms with Crippen LogP contribution in [-0.4, -0.2) is 76.4 Å². The van der Waals surface area contributed by atoms with Crippen molar-refractivity contribution >= 4 is 28.8 Å². The van der Waals surface area contributed by atoms with Crippen molar-refractivity contribution in [3.8, 4) is 0 Å². The maximum atomic E-state index is 12.6. The largest absolute Gasteiger partial charge is 0.366 e. The maximum Gasteiger partial charge on any atom is 0.253 e. The van der Waals surface area contributed by atoms with Crippen LogP contribution in [0.15, 0.2) is 48.7 Å². The van der Waals surface area contributed by atoms with Crippen LogP contribution in [0.1, 0.15) is 29.3 Å². The third-order valence-corrected chi connectivity index (χ3v) is 6.45. The minimum absolute atomic E-state index is 0.0484. The lowest BCUT2D eigenvalue weighted by Crippen LogP contribution is -2.52. The molecule has 0 bridgehead atoms. The third kappa shape index (κ3) is 4.68. The molecule has 0 radical (unpaired) electrons. The summed E-state index contributed by atoms with van der Waals surface area (Å²) in [5.41, 5.74) is 10.4. The standard InChI is InChI=1S/C25H31N7O2/c1-2-34-17-30-12-9-19(10-13-30)22-4-3-11-32-23(22)28-25(29-32)27-21-7-5-20(6-8-21)24(33)31-15-18(14-26)16-31/h3-9,11,18H,2,10,12-17,26H2,1H3,(H,27,29). The second-order valence-electron chi connectivity index (χ2n) is 8.82. The Labute approximate surface area is 199 Å². The minimum Gasteiger partial charge on any atom is -0.366 e. The van der Waals surface area contributed by atoms with Crippen LogP contribution >= 0.6 is 0 Å². The number of rotatable bonds is 8. The molecule has 1 saturated heterocycles. The highest BCUT2D eigenvalue weighted by Crippen LogP contribution is 2.27. The number of carbonyl (C=O) groups is 1. The summed E-state index contributed by atoms with van der Waals surface area (Å²) < 4.78 is 7.34. The van der Waals surface area contributed by atoms with Crippen molar-refractivity contribution in [2.45, 2.75) is 13.3 Å². The molecule has 2 aliphatic rings. The van der Waals surface area contributed by atoms with Crippen LogP contribution in [0.2, 0.25) is 0 Å². The SMILES string of the molecule is CCOCN1CC=C(c2cccn3nc(Nc4ccc(C(=O)N5CC(CN)C5)cc4)nc23)CC1. The van der Waals surface area contributed by atoms with Crippen molar-refractivity contribution in [2.75, 3.05) is 51.4 Å². The molecule has 0 aliphatic carbocycles. The highest BCUT2D eigenvalue weighted by molar-refractivity contribution is 5.95. The average molecular weight is 462 g/mol. The molecule has 1 amide bonds. The fraction of sp³-hybridized carbons (Fsp3) is 0.400. The number of nitrogens with two attached hydrogens (primary N) is 1. The van der Waals surface area contributed by atoms with E-state index in [0.717, 1.165) is 56.1 Å². The first-order valence-electron chi connectivity index (χ1n) is 11.9. The molecule has 0 atom stereocenters. The number of nitrogens with zero attached hydrogens (tertiary/aromatic N) is 5. The molecule has 0 spiro atoms. The number of hydrogen-bond donors (Lipinski definition) is 2. The number of aromatic nitrogens is 3. The van der Waals surface area contributed by atoms with Gasteiger partial charge in [0, 0.05) is 61.7 Å². The summed E-state index contributed by atoms with van der Waals surface area (Å²) in [4.78, 5) is 21.4. The van der Waals surface area contributed by atoms with E-state index in [1.54, 1.807) is 4.52 Å². The molecule has 1 fully saturated rings. The maximum absolute atomic E-state index is 12.6. The normalized spacial score (nSPS) is 17.0. The summed E-state index contributed by atoms with van der Waals surface area (Å²) >= 11 is 0. The first-order chi connectivity index (χ1) is 16.6. The Bertz CT molecular complexity index is 1180. The van der Waals surface area contributed by atoms with Gasteiger partial charge in [0.05, 0.1) is 6.73 Å². The number of nitrogens with one attached hydrogen (secondary N) is 1. The number of pyridine rings is 1. The number of ether oxygens (including phenoxy) is 1. The van der Waals surface area contributed by atoms with E-state index in [1.807, 2.05) is 48.4 Å². The van der Waals surface area contributed by atoms with Crippen molar-refractivity contribution in [3.05, 3.63) is 59.8 Å². The third-order valence-electron chi connectivity index (χ3n) is 6.45. The summed E-state index contributed by atoms with van der Waals surface area (Å²) in [5, 5.41) is 7.86. The van der Waals surface area contributed by atoms with Crippen LogP contribution in [0.3, 0.4) is 0 Å². The number of likely N-dealkylation sites (tertiary alicyclic amines) is 1. The van der Waals surface area contributed by atoms with Gasteiger partial charge in [-0.2, -0.15) is 4.98 Å². The Morgan fingerprint density at radius 3 is 2.76 bits per heavy atom. The van der Waals surface area contributed by atoms with E-state index in [4.69, 9.17) is 15.5 Å². The molecule has 5 rings (SSSR count). The van der Waals surface area contributed by atoms with Crippen LogP contribution in [0.25, 0.3) is 11.2 Å². The molecule has 3 N–H and O–H groups in total. The Morgan fingerprint density at radius 1 is 1.24 bits per heavy atom. The molecule has 3 aromatic rings. The van der Waals surface area contributed by atoms with Crippen LogP contribution in [0, 0.1) is 5.92 Å². The molecule has 9 nitrogen and oxygen atoms in total. The molecular weight excluding hydrogens is 430 g/mol. The van der Waals surface area contributed by atoms with E-state index in [-0.39, 0.29) is 5.91 Å². The molecule has 34 heavy (non-hydrogen) atoms. The monoisotopic (exact) mass is 461 g/mol. The van der Waals surface area contributed by atoms with Crippen molar-refractivity contribution in [1.82, 2.24) is 24.4 Å². The number of fused-ring (bicyclic) bond motifs is 1.